The van der Waals surface area contributed by atoms with Gasteiger partial charge in [-0.1, -0.05) is 11.6 Å². The van der Waals surface area contributed by atoms with E-state index in [1.807, 2.05) is 19.1 Å². The van der Waals surface area contributed by atoms with Gasteiger partial charge in [0.15, 0.2) is 0 Å². The smallest absolute Gasteiger partial charge is 0.245 e. The lowest BCUT2D eigenvalue weighted by atomic mass is 10.2. The van der Waals surface area contributed by atoms with Crippen LogP contribution in [0, 0.1) is 0 Å². The maximum absolute atomic E-state index is 12.2. The van der Waals surface area contributed by atoms with E-state index in [1.54, 1.807) is 4.90 Å². The van der Waals surface area contributed by atoms with Crippen LogP contribution in [0.2, 0.25) is 4.34 Å². The van der Waals surface area contributed by atoms with Crippen LogP contribution in [0.3, 0.4) is 0 Å². The van der Waals surface area contributed by atoms with Crippen molar-refractivity contribution in [2.45, 2.75) is 32.4 Å². The van der Waals surface area contributed by atoms with Crippen LogP contribution in [-0.4, -0.2) is 29.3 Å². The number of amides is 2. The third-order valence-corrected chi connectivity index (χ3v) is 4.18. The van der Waals surface area contributed by atoms with Crippen molar-refractivity contribution in [3.63, 3.8) is 0 Å². The van der Waals surface area contributed by atoms with E-state index in [0.29, 0.717) is 25.9 Å². The number of rotatable bonds is 4. The van der Waals surface area contributed by atoms with Crippen LogP contribution in [0.4, 0.5) is 0 Å². The summed E-state index contributed by atoms with van der Waals surface area (Å²) >= 11 is 7.35. The van der Waals surface area contributed by atoms with Crippen LogP contribution in [0.5, 0.6) is 0 Å². The summed E-state index contributed by atoms with van der Waals surface area (Å²) in [6.45, 7) is 3.11. The zero-order valence-corrected chi connectivity index (χ0v) is 11.7. The van der Waals surface area contributed by atoms with Crippen molar-refractivity contribution in [3.05, 3.63) is 21.3 Å². The highest BCUT2D eigenvalue weighted by Gasteiger charge is 2.30. The number of hydrogen-bond donors (Lipinski definition) is 1. The summed E-state index contributed by atoms with van der Waals surface area (Å²) in [5, 5.41) is 2.71. The first-order chi connectivity index (χ1) is 8.60. The topological polar surface area (TPSA) is 49.4 Å². The number of nitrogens with one attached hydrogen (secondary N) is 1. The fourth-order valence-electron chi connectivity index (χ4n) is 1.99. The molecule has 0 bridgehead atoms. The van der Waals surface area contributed by atoms with Crippen molar-refractivity contribution in [2.75, 3.05) is 6.54 Å². The molecule has 4 nitrogen and oxygen atoms in total. The van der Waals surface area contributed by atoms with Gasteiger partial charge in [-0.2, -0.15) is 0 Å². The molecule has 2 rings (SSSR count). The molecule has 1 atom stereocenters. The number of halogens is 1. The molecule has 1 aliphatic heterocycles. The van der Waals surface area contributed by atoms with Crippen molar-refractivity contribution in [1.82, 2.24) is 10.2 Å². The molecule has 0 aliphatic carbocycles. The second kappa shape index (κ2) is 5.71. The Hall–Kier alpha value is -1.07. The summed E-state index contributed by atoms with van der Waals surface area (Å²) in [4.78, 5) is 26.2. The summed E-state index contributed by atoms with van der Waals surface area (Å²) in [5.41, 5.74) is 0. The van der Waals surface area contributed by atoms with Crippen LogP contribution in [-0.2, 0) is 16.1 Å². The molecule has 0 radical (unpaired) electrons. The molecule has 1 aliphatic rings. The first-order valence-electron chi connectivity index (χ1n) is 5.92. The summed E-state index contributed by atoms with van der Waals surface area (Å²) in [7, 11) is 0. The van der Waals surface area contributed by atoms with Gasteiger partial charge in [-0.25, -0.2) is 0 Å². The van der Waals surface area contributed by atoms with Gasteiger partial charge in [0, 0.05) is 17.8 Å². The molecule has 0 saturated carbocycles. The van der Waals surface area contributed by atoms with Crippen LogP contribution >= 0.6 is 22.9 Å². The van der Waals surface area contributed by atoms with Crippen LogP contribution < -0.4 is 5.32 Å². The van der Waals surface area contributed by atoms with Gasteiger partial charge in [-0.15, -0.1) is 11.3 Å². The molecule has 1 saturated heterocycles. The van der Waals surface area contributed by atoms with Gasteiger partial charge < -0.3 is 10.2 Å². The second-order valence-corrected chi connectivity index (χ2v) is 6.02. The number of carbonyl (C=O) groups excluding carboxylic acids is 2. The molecular weight excluding hydrogens is 272 g/mol. The molecule has 2 amide bonds. The zero-order chi connectivity index (χ0) is 13.1. The number of likely N-dealkylation sites (N-methyl/N-ethyl adjacent to an activating group) is 1. The number of carbonyl (C=O) groups is 2. The second-order valence-electron chi connectivity index (χ2n) is 4.22. The monoisotopic (exact) mass is 286 g/mol. The molecular formula is C12H15ClN2O2S. The van der Waals surface area contributed by atoms with E-state index in [4.69, 9.17) is 11.6 Å². The van der Waals surface area contributed by atoms with E-state index in [0.717, 1.165) is 9.21 Å². The van der Waals surface area contributed by atoms with Gasteiger partial charge in [-0.05, 0) is 25.5 Å². The minimum atomic E-state index is -0.354. The molecule has 1 aromatic heterocycles. The Balaban J connectivity index is 1.99. The Morgan fingerprint density at radius 2 is 2.39 bits per heavy atom. The summed E-state index contributed by atoms with van der Waals surface area (Å²) < 4.78 is 0.725. The Morgan fingerprint density at radius 1 is 1.61 bits per heavy atom. The van der Waals surface area contributed by atoms with Crippen LogP contribution in [0.1, 0.15) is 24.6 Å². The van der Waals surface area contributed by atoms with Gasteiger partial charge in [0.2, 0.25) is 11.8 Å². The van der Waals surface area contributed by atoms with Crippen LogP contribution in [0.25, 0.3) is 0 Å². The standard InChI is InChI=1S/C12H15ClN2O2S/c1-2-15(7-8-3-5-10(13)18-8)12(17)9-4-6-11(16)14-9/h3,5,9H,2,4,6-7H2,1H3,(H,14,16). The van der Waals surface area contributed by atoms with E-state index >= 15 is 0 Å². The molecule has 6 heteroatoms. The predicted molar refractivity (Wildman–Crippen MR) is 71.6 cm³/mol. The summed E-state index contributed by atoms with van der Waals surface area (Å²) in [6.07, 6.45) is 1.04. The lowest BCUT2D eigenvalue weighted by Gasteiger charge is -2.23. The maximum Gasteiger partial charge on any atom is 0.245 e. The molecule has 2 heterocycles. The molecule has 0 spiro atoms. The Kier molecular flexibility index (Phi) is 4.24. The highest BCUT2D eigenvalue weighted by atomic mass is 35.5. The molecule has 18 heavy (non-hydrogen) atoms. The fourth-order valence-corrected chi connectivity index (χ4v) is 3.09. The van der Waals surface area contributed by atoms with Crippen molar-refractivity contribution in [3.8, 4) is 0 Å². The van der Waals surface area contributed by atoms with Crippen molar-refractivity contribution < 1.29 is 9.59 Å². The quantitative estimate of drug-likeness (QED) is 0.921. The maximum atomic E-state index is 12.2. The zero-order valence-electron chi connectivity index (χ0n) is 10.1. The van der Waals surface area contributed by atoms with E-state index in [9.17, 15) is 9.59 Å². The normalized spacial score (nSPS) is 18.8. The molecule has 98 valence electrons. The SMILES string of the molecule is CCN(Cc1ccc(Cl)s1)C(=O)C1CCC(=O)N1. The van der Waals surface area contributed by atoms with Gasteiger partial charge >= 0.3 is 0 Å². The Morgan fingerprint density at radius 3 is 2.89 bits per heavy atom. The lowest BCUT2D eigenvalue weighted by molar-refractivity contribution is -0.134. The average Bonchev–Trinajstić information content (AvgIpc) is 2.94. The van der Waals surface area contributed by atoms with Gasteiger partial charge in [-0.3, -0.25) is 9.59 Å². The molecule has 1 fully saturated rings. The third kappa shape index (κ3) is 3.03. The van der Waals surface area contributed by atoms with E-state index in [1.165, 1.54) is 11.3 Å². The average molecular weight is 287 g/mol. The minimum Gasteiger partial charge on any atom is -0.344 e. The van der Waals surface area contributed by atoms with Gasteiger partial charge in [0.05, 0.1) is 10.9 Å². The highest BCUT2D eigenvalue weighted by Crippen LogP contribution is 2.23. The van der Waals surface area contributed by atoms with E-state index in [2.05, 4.69) is 5.32 Å². The lowest BCUT2D eigenvalue weighted by Crippen LogP contribution is -2.43. The highest BCUT2D eigenvalue weighted by molar-refractivity contribution is 7.16. The summed E-state index contributed by atoms with van der Waals surface area (Å²) in [5.74, 6) is -0.0450. The van der Waals surface area contributed by atoms with E-state index < -0.39 is 0 Å². The largest absolute Gasteiger partial charge is 0.344 e. The van der Waals surface area contributed by atoms with Crippen molar-refractivity contribution >= 4 is 34.8 Å². The minimum absolute atomic E-state index is 0.00660. The third-order valence-electron chi connectivity index (χ3n) is 2.96. The Bertz CT molecular complexity index is 461. The molecule has 1 N–H and O–H groups in total. The number of hydrogen-bond acceptors (Lipinski definition) is 3. The Labute approximate surface area is 115 Å². The molecule has 1 unspecified atom stereocenters. The first kappa shape index (κ1) is 13.4. The van der Waals surface area contributed by atoms with Crippen molar-refractivity contribution in [2.24, 2.45) is 0 Å². The fraction of sp³-hybridized carbons (Fsp3) is 0.500. The van der Waals surface area contributed by atoms with E-state index in [-0.39, 0.29) is 17.9 Å². The molecule has 1 aromatic rings. The number of nitrogens with zero attached hydrogens (tertiary/aromatic N) is 1. The van der Waals surface area contributed by atoms with Crippen LogP contribution in [0.15, 0.2) is 12.1 Å². The molecule has 0 aromatic carbocycles. The van der Waals surface area contributed by atoms with Crippen molar-refractivity contribution in [1.29, 1.82) is 0 Å². The first-order valence-corrected chi connectivity index (χ1v) is 7.12. The van der Waals surface area contributed by atoms with Gasteiger partial charge in [0.1, 0.15) is 6.04 Å². The predicted octanol–water partition coefficient (Wildman–Crippen LogP) is 2.03. The summed E-state index contributed by atoms with van der Waals surface area (Å²) in [6, 6.07) is 3.40. The number of thiophene rings is 1. The van der Waals surface area contributed by atoms with Gasteiger partial charge in [0.25, 0.3) is 0 Å².